The molecule has 0 aromatic heterocycles. The molecule has 0 aliphatic carbocycles. The summed E-state index contributed by atoms with van der Waals surface area (Å²) in [5.74, 6) is -0.587. The lowest BCUT2D eigenvalue weighted by atomic mass is 10.0. The van der Waals surface area contributed by atoms with Gasteiger partial charge in [0.25, 0.3) is 0 Å². The number of benzene rings is 2. The van der Waals surface area contributed by atoms with Gasteiger partial charge in [0, 0.05) is 20.9 Å². The molecular weight excluding hydrogens is 398 g/mol. The van der Waals surface area contributed by atoms with Crippen LogP contribution < -0.4 is 0 Å². The van der Waals surface area contributed by atoms with E-state index in [0.717, 1.165) is 10.0 Å². The molecule has 0 spiro atoms. The summed E-state index contributed by atoms with van der Waals surface area (Å²) in [6.45, 7) is 0. The molecule has 0 amide bonds. The normalized spacial score (nSPS) is 12.5. The highest BCUT2D eigenvalue weighted by molar-refractivity contribution is 9.10. The van der Waals surface area contributed by atoms with Crippen molar-refractivity contribution in [2.24, 2.45) is 0 Å². The Labute approximate surface area is 132 Å². The molecule has 1 unspecified atom stereocenters. The first-order chi connectivity index (χ1) is 9.00. The first kappa shape index (κ1) is 15.0. The highest BCUT2D eigenvalue weighted by atomic mass is 79.9. The number of halogens is 4. The van der Waals surface area contributed by atoms with Gasteiger partial charge in [-0.2, -0.15) is 0 Å². The average molecular weight is 408 g/mol. The molecule has 0 aliphatic heterocycles. The van der Waals surface area contributed by atoms with Gasteiger partial charge in [0.1, 0.15) is 5.82 Å². The van der Waals surface area contributed by atoms with Gasteiger partial charge in [0.2, 0.25) is 0 Å². The lowest BCUT2D eigenvalue weighted by molar-refractivity contribution is 0.173. The van der Waals surface area contributed by atoms with E-state index in [4.69, 9.17) is 11.6 Å². The van der Waals surface area contributed by atoms with Crippen LogP contribution in [0, 0.1) is 5.82 Å². The van der Waals surface area contributed by atoms with Gasteiger partial charge in [-0.15, -0.1) is 0 Å². The fourth-order valence-corrected chi connectivity index (χ4v) is 2.71. The molecule has 0 bridgehead atoms. The standard InChI is InChI=1S/C14H10Br2ClFO/c15-10-4-2-1-3-8(10)7-12(19)9-5-6-11(16)13(17)14(9)18/h1-6,12,19H,7H2. The molecule has 2 rings (SSSR count). The van der Waals surface area contributed by atoms with Gasteiger partial charge in [0.05, 0.1) is 11.1 Å². The van der Waals surface area contributed by atoms with Crippen LogP contribution >= 0.6 is 43.5 Å². The van der Waals surface area contributed by atoms with Crippen molar-refractivity contribution < 1.29 is 9.50 Å². The Kier molecular flexibility index (Phi) is 5.01. The van der Waals surface area contributed by atoms with E-state index in [1.165, 1.54) is 6.07 Å². The van der Waals surface area contributed by atoms with E-state index in [0.29, 0.717) is 10.9 Å². The van der Waals surface area contributed by atoms with Crippen molar-refractivity contribution in [2.75, 3.05) is 0 Å². The highest BCUT2D eigenvalue weighted by Crippen LogP contribution is 2.32. The molecule has 0 saturated carbocycles. The average Bonchev–Trinajstić information content (AvgIpc) is 2.39. The lowest BCUT2D eigenvalue weighted by Gasteiger charge is -2.14. The molecule has 0 fully saturated rings. The first-order valence-electron chi connectivity index (χ1n) is 5.55. The molecule has 0 heterocycles. The topological polar surface area (TPSA) is 20.2 Å². The van der Waals surface area contributed by atoms with Crippen molar-refractivity contribution in [2.45, 2.75) is 12.5 Å². The van der Waals surface area contributed by atoms with Crippen molar-refractivity contribution in [1.82, 2.24) is 0 Å². The fraction of sp³-hybridized carbons (Fsp3) is 0.143. The van der Waals surface area contributed by atoms with E-state index in [-0.39, 0.29) is 10.6 Å². The van der Waals surface area contributed by atoms with Gasteiger partial charge < -0.3 is 5.11 Å². The van der Waals surface area contributed by atoms with Crippen LogP contribution in [0.1, 0.15) is 17.2 Å². The first-order valence-corrected chi connectivity index (χ1v) is 7.52. The zero-order valence-electron chi connectivity index (χ0n) is 9.71. The minimum atomic E-state index is -0.940. The third-order valence-electron chi connectivity index (χ3n) is 2.80. The largest absolute Gasteiger partial charge is 0.388 e. The van der Waals surface area contributed by atoms with E-state index < -0.39 is 11.9 Å². The van der Waals surface area contributed by atoms with Crippen LogP contribution in [0.3, 0.4) is 0 Å². The molecule has 0 aliphatic rings. The summed E-state index contributed by atoms with van der Waals surface area (Å²) in [5.41, 5.74) is 1.11. The van der Waals surface area contributed by atoms with Crippen molar-refractivity contribution in [3.63, 3.8) is 0 Å². The summed E-state index contributed by atoms with van der Waals surface area (Å²) in [6.07, 6.45) is -0.625. The summed E-state index contributed by atoms with van der Waals surface area (Å²) in [6, 6.07) is 10.7. The second-order valence-corrected chi connectivity index (χ2v) is 6.16. The van der Waals surface area contributed by atoms with Gasteiger partial charge in [-0.1, -0.05) is 51.8 Å². The summed E-state index contributed by atoms with van der Waals surface area (Å²) in [4.78, 5) is 0. The lowest BCUT2D eigenvalue weighted by Crippen LogP contribution is -2.05. The third kappa shape index (κ3) is 3.37. The van der Waals surface area contributed by atoms with Crippen LogP contribution in [0.15, 0.2) is 45.3 Å². The number of aliphatic hydroxyl groups is 1. The van der Waals surface area contributed by atoms with Gasteiger partial charge >= 0.3 is 0 Å². The van der Waals surface area contributed by atoms with E-state index >= 15 is 0 Å². The Hall–Kier alpha value is -0.420. The number of aliphatic hydroxyl groups excluding tert-OH is 1. The van der Waals surface area contributed by atoms with Gasteiger partial charge in [-0.05, 0) is 33.6 Å². The van der Waals surface area contributed by atoms with Gasteiger partial charge in [-0.3, -0.25) is 0 Å². The molecule has 1 nitrogen and oxygen atoms in total. The maximum atomic E-state index is 14.0. The second kappa shape index (κ2) is 6.35. The predicted octanol–water partition coefficient (Wildman–Crippen LogP) is 5.28. The van der Waals surface area contributed by atoms with Crippen molar-refractivity contribution >= 4 is 43.5 Å². The van der Waals surface area contributed by atoms with E-state index in [2.05, 4.69) is 31.9 Å². The van der Waals surface area contributed by atoms with Crippen LogP contribution in [0.4, 0.5) is 4.39 Å². The van der Waals surface area contributed by atoms with Crippen molar-refractivity contribution in [3.8, 4) is 0 Å². The maximum absolute atomic E-state index is 14.0. The minimum Gasteiger partial charge on any atom is -0.388 e. The Morgan fingerprint density at radius 2 is 1.79 bits per heavy atom. The molecule has 0 radical (unpaired) electrons. The van der Waals surface area contributed by atoms with Crippen LogP contribution in [0.5, 0.6) is 0 Å². The quantitative estimate of drug-likeness (QED) is 0.685. The van der Waals surface area contributed by atoms with E-state index in [9.17, 15) is 9.50 Å². The minimum absolute atomic E-state index is 0.0105. The molecular formula is C14H10Br2ClFO. The van der Waals surface area contributed by atoms with Gasteiger partial charge in [0.15, 0.2) is 0 Å². The number of hydrogen-bond acceptors (Lipinski definition) is 1. The van der Waals surface area contributed by atoms with E-state index in [1.807, 2.05) is 24.3 Å². The number of rotatable bonds is 3. The molecule has 2 aromatic rings. The Bertz CT molecular complexity index is 604. The van der Waals surface area contributed by atoms with Crippen molar-refractivity contribution in [1.29, 1.82) is 0 Å². The number of hydrogen-bond donors (Lipinski definition) is 1. The molecule has 19 heavy (non-hydrogen) atoms. The fourth-order valence-electron chi connectivity index (χ4n) is 1.78. The third-order valence-corrected chi connectivity index (χ3v) is 4.83. The van der Waals surface area contributed by atoms with Crippen LogP contribution in [0.2, 0.25) is 5.02 Å². The molecule has 100 valence electrons. The summed E-state index contributed by atoms with van der Waals surface area (Å²) in [7, 11) is 0. The maximum Gasteiger partial charge on any atom is 0.148 e. The molecule has 1 N–H and O–H groups in total. The zero-order chi connectivity index (χ0) is 14.0. The highest BCUT2D eigenvalue weighted by Gasteiger charge is 2.18. The molecule has 5 heteroatoms. The molecule has 2 aromatic carbocycles. The predicted molar refractivity (Wildman–Crippen MR) is 81.9 cm³/mol. The van der Waals surface area contributed by atoms with Crippen LogP contribution in [-0.4, -0.2) is 5.11 Å². The summed E-state index contributed by atoms with van der Waals surface area (Å²) >= 11 is 12.4. The molecule has 1 atom stereocenters. The summed E-state index contributed by atoms with van der Waals surface area (Å²) < 4.78 is 15.3. The smallest absolute Gasteiger partial charge is 0.148 e. The SMILES string of the molecule is OC(Cc1ccccc1Br)c1ccc(Br)c(Cl)c1F. The molecule has 0 saturated heterocycles. The van der Waals surface area contributed by atoms with Crippen LogP contribution in [0.25, 0.3) is 0 Å². The monoisotopic (exact) mass is 406 g/mol. The van der Waals surface area contributed by atoms with Gasteiger partial charge in [-0.25, -0.2) is 4.39 Å². The zero-order valence-corrected chi connectivity index (χ0v) is 13.6. The Balaban J connectivity index is 2.28. The Morgan fingerprint density at radius 3 is 2.47 bits per heavy atom. The summed E-state index contributed by atoms with van der Waals surface area (Å²) in [5, 5.41) is 10.1. The van der Waals surface area contributed by atoms with E-state index in [1.54, 1.807) is 6.07 Å². The second-order valence-electron chi connectivity index (χ2n) is 4.08. The van der Waals surface area contributed by atoms with Crippen molar-refractivity contribution in [3.05, 3.63) is 67.3 Å². The Morgan fingerprint density at radius 1 is 1.11 bits per heavy atom. The van der Waals surface area contributed by atoms with Crippen LogP contribution in [-0.2, 0) is 6.42 Å².